The van der Waals surface area contributed by atoms with Crippen LogP contribution in [0.25, 0.3) is 11.1 Å². The number of carbonyl (C=O) groups is 4. The van der Waals surface area contributed by atoms with Crippen molar-refractivity contribution >= 4 is 35.3 Å². The van der Waals surface area contributed by atoms with E-state index in [1.54, 1.807) is 18.2 Å². The van der Waals surface area contributed by atoms with Crippen molar-refractivity contribution in [3.63, 3.8) is 0 Å². The van der Waals surface area contributed by atoms with Gasteiger partial charge < -0.3 is 49.4 Å². The quantitative estimate of drug-likeness (QED) is 0.0597. The standard InChI is InChI=1S/C52H57N5O9/c1-7-51(8-2,55-50(61)64-32-41-38-15-11-9-13-36(38)37-14-10-12-16-39(37)41)49(60)54-24-26-63-28-27-62-25-23-53-47(58)33-17-20-42-40(29-33)48(59)66-52(42)43-21-18-34(56(3)4)30-45(43)65-46-31-35(57(5)6)19-22-44(46)52/h9-22,29-31,41H,7-8,23-28,32H2,1-6H3,(H,53,58)(H,54,60)(H,55,61). The fourth-order valence-corrected chi connectivity index (χ4v) is 9.10. The van der Waals surface area contributed by atoms with Crippen LogP contribution in [0.3, 0.4) is 0 Å². The number of alkyl carbamates (subject to hydrolysis) is 1. The Balaban J connectivity index is 0.777. The van der Waals surface area contributed by atoms with Crippen LogP contribution in [0, 0.1) is 0 Å². The zero-order valence-corrected chi connectivity index (χ0v) is 38.3. The summed E-state index contributed by atoms with van der Waals surface area (Å²) in [6, 6.07) is 33.0. The maximum atomic E-state index is 13.7. The number of carbonyl (C=O) groups excluding carboxylic acids is 4. The molecule has 2 heterocycles. The molecule has 66 heavy (non-hydrogen) atoms. The van der Waals surface area contributed by atoms with Crippen molar-refractivity contribution in [3.05, 3.63) is 142 Å². The van der Waals surface area contributed by atoms with Crippen molar-refractivity contribution in [2.75, 3.05) is 84.1 Å². The summed E-state index contributed by atoms with van der Waals surface area (Å²) in [7, 11) is 7.80. The van der Waals surface area contributed by atoms with Crippen LogP contribution in [0.1, 0.15) is 81.1 Å². The fourth-order valence-electron chi connectivity index (χ4n) is 9.10. The highest BCUT2D eigenvalue weighted by Crippen LogP contribution is 2.57. The minimum absolute atomic E-state index is 0.0879. The molecule has 0 fully saturated rings. The first-order valence-electron chi connectivity index (χ1n) is 22.4. The van der Waals surface area contributed by atoms with Gasteiger partial charge in [0.25, 0.3) is 5.91 Å². The highest BCUT2D eigenvalue weighted by atomic mass is 16.6. The molecule has 5 aromatic carbocycles. The molecule has 0 saturated heterocycles. The first-order valence-corrected chi connectivity index (χ1v) is 22.4. The van der Waals surface area contributed by atoms with E-state index in [0.29, 0.717) is 52.2 Å². The number of esters is 1. The van der Waals surface area contributed by atoms with E-state index >= 15 is 0 Å². The Labute approximate surface area is 385 Å². The second-order valence-corrected chi connectivity index (χ2v) is 17.1. The van der Waals surface area contributed by atoms with Crippen LogP contribution >= 0.6 is 0 Å². The summed E-state index contributed by atoms with van der Waals surface area (Å²) < 4.78 is 29.9. The lowest BCUT2D eigenvalue weighted by molar-refractivity contribution is -0.128. The largest absolute Gasteiger partial charge is 0.456 e. The van der Waals surface area contributed by atoms with Gasteiger partial charge in [0.15, 0.2) is 5.60 Å². The van der Waals surface area contributed by atoms with Gasteiger partial charge in [-0.25, -0.2) is 9.59 Å². The normalized spacial score (nSPS) is 13.9. The molecule has 0 bridgehead atoms. The topological polar surface area (TPSA) is 157 Å². The fraction of sp³-hybridized carbons (Fsp3) is 0.346. The third kappa shape index (κ3) is 8.65. The van der Waals surface area contributed by atoms with Gasteiger partial charge in [0, 0.05) is 93.0 Å². The van der Waals surface area contributed by atoms with Crippen LogP contribution in [-0.2, 0) is 29.3 Å². The number of hydrogen-bond donors (Lipinski definition) is 3. The monoisotopic (exact) mass is 895 g/mol. The number of rotatable bonds is 18. The third-order valence-corrected chi connectivity index (χ3v) is 12.8. The van der Waals surface area contributed by atoms with Crippen LogP contribution in [0.4, 0.5) is 16.2 Å². The Morgan fingerprint density at radius 1 is 0.667 bits per heavy atom. The van der Waals surface area contributed by atoms with Gasteiger partial charge in [0.05, 0.1) is 32.0 Å². The van der Waals surface area contributed by atoms with E-state index in [1.807, 2.05) is 113 Å². The van der Waals surface area contributed by atoms with Gasteiger partial charge in [-0.3, -0.25) is 9.59 Å². The van der Waals surface area contributed by atoms with E-state index in [0.717, 1.165) is 33.6 Å². The van der Waals surface area contributed by atoms with Crippen LogP contribution < -0.4 is 30.5 Å². The van der Waals surface area contributed by atoms with Crippen LogP contribution in [-0.4, -0.2) is 104 Å². The minimum Gasteiger partial charge on any atom is -0.456 e. The Morgan fingerprint density at radius 2 is 1.21 bits per heavy atom. The third-order valence-electron chi connectivity index (χ3n) is 12.8. The van der Waals surface area contributed by atoms with Gasteiger partial charge in [-0.05, 0) is 71.5 Å². The van der Waals surface area contributed by atoms with E-state index in [-0.39, 0.29) is 63.9 Å². The van der Waals surface area contributed by atoms with Gasteiger partial charge >= 0.3 is 12.1 Å². The van der Waals surface area contributed by atoms with Crippen LogP contribution in [0.15, 0.2) is 103 Å². The first-order chi connectivity index (χ1) is 31.9. The highest BCUT2D eigenvalue weighted by Gasteiger charge is 2.54. The number of nitrogens with zero attached hydrogens (tertiary/aromatic N) is 2. The number of fused-ring (bicyclic) bond motifs is 9. The molecule has 8 rings (SSSR count). The summed E-state index contributed by atoms with van der Waals surface area (Å²) in [4.78, 5) is 57.4. The molecule has 0 saturated carbocycles. The van der Waals surface area contributed by atoms with Crippen molar-refractivity contribution in [3.8, 4) is 22.6 Å². The van der Waals surface area contributed by atoms with E-state index < -0.39 is 23.2 Å². The molecule has 344 valence electrons. The molecule has 0 radical (unpaired) electrons. The predicted octanol–water partition coefficient (Wildman–Crippen LogP) is 7.36. The number of amides is 3. The maximum Gasteiger partial charge on any atom is 0.408 e. The average molecular weight is 896 g/mol. The lowest BCUT2D eigenvalue weighted by Crippen LogP contribution is -2.58. The first kappa shape index (κ1) is 45.7. The summed E-state index contributed by atoms with van der Waals surface area (Å²) in [5, 5.41) is 8.60. The second-order valence-electron chi connectivity index (χ2n) is 17.1. The lowest BCUT2D eigenvalue weighted by Gasteiger charge is -2.37. The number of ether oxygens (including phenoxy) is 5. The van der Waals surface area contributed by atoms with Crippen molar-refractivity contribution in [2.24, 2.45) is 0 Å². The Morgan fingerprint density at radius 3 is 1.77 bits per heavy atom. The molecule has 1 aliphatic carbocycles. The number of hydrogen-bond acceptors (Lipinski definition) is 11. The Bertz CT molecular complexity index is 2540. The van der Waals surface area contributed by atoms with Gasteiger partial charge in [-0.1, -0.05) is 68.4 Å². The Hall–Kier alpha value is -6.90. The predicted molar refractivity (Wildman–Crippen MR) is 252 cm³/mol. The van der Waals surface area contributed by atoms with Crippen molar-refractivity contribution < 1.29 is 42.9 Å². The zero-order chi connectivity index (χ0) is 46.6. The molecule has 3 N–H and O–H groups in total. The van der Waals surface area contributed by atoms with Gasteiger partial charge in [-0.2, -0.15) is 0 Å². The molecule has 3 aliphatic rings. The molecule has 0 unspecified atom stereocenters. The Kier molecular flexibility index (Phi) is 13.3. The number of anilines is 2. The molecule has 14 nitrogen and oxygen atoms in total. The van der Waals surface area contributed by atoms with Crippen LogP contribution in [0.5, 0.6) is 11.5 Å². The summed E-state index contributed by atoms with van der Waals surface area (Å²) in [6.07, 6.45) is 0.109. The molecule has 3 amide bonds. The van der Waals surface area contributed by atoms with E-state index in [4.69, 9.17) is 23.7 Å². The van der Waals surface area contributed by atoms with Crippen LogP contribution in [0.2, 0.25) is 0 Å². The minimum atomic E-state index is -1.26. The van der Waals surface area contributed by atoms with Gasteiger partial charge in [0.2, 0.25) is 5.91 Å². The number of nitrogens with one attached hydrogen (secondary N) is 3. The summed E-state index contributed by atoms with van der Waals surface area (Å²) in [5.74, 6) is -0.128. The van der Waals surface area contributed by atoms with Gasteiger partial charge in [0.1, 0.15) is 23.6 Å². The van der Waals surface area contributed by atoms with E-state index in [1.165, 1.54) is 0 Å². The molecule has 14 heteroatoms. The van der Waals surface area contributed by atoms with Crippen molar-refractivity contribution in [1.82, 2.24) is 16.0 Å². The summed E-state index contributed by atoms with van der Waals surface area (Å²) >= 11 is 0. The molecular weight excluding hydrogens is 839 g/mol. The molecular formula is C52H57N5O9. The van der Waals surface area contributed by atoms with Gasteiger partial charge in [-0.15, -0.1) is 0 Å². The van der Waals surface area contributed by atoms with Crippen molar-refractivity contribution in [1.29, 1.82) is 0 Å². The van der Waals surface area contributed by atoms with E-state index in [9.17, 15) is 19.2 Å². The molecule has 0 aromatic heterocycles. The molecule has 0 atom stereocenters. The molecule has 1 spiro atoms. The second kappa shape index (κ2) is 19.3. The summed E-state index contributed by atoms with van der Waals surface area (Å²) in [6.45, 7) is 5.34. The molecule has 2 aliphatic heterocycles. The number of benzene rings is 5. The smallest absolute Gasteiger partial charge is 0.408 e. The average Bonchev–Trinajstić information content (AvgIpc) is 3.81. The SMILES string of the molecule is CCC(CC)(NC(=O)OCC1c2ccccc2-c2ccccc21)C(=O)NCCOCCOCCNC(=O)c1ccc2c(c1)C(=O)OC21c2ccc(N(C)C)cc2Oc2cc(N(C)C)ccc21. The summed E-state index contributed by atoms with van der Waals surface area (Å²) in [5.41, 5.74) is 6.62. The zero-order valence-electron chi connectivity index (χ0n) is 38.3. The molecule has 5 aromatic rings. The highest BCUT2D eigenvalue weighted by molar-refractivity contribution is 6.02. The van der Waals surface area contributed by atoms with Crippen molar-refractivity contribution in [2.45, 2.75) is 43.7 Å². The maximum absolute atomic E-state index is 13.7. The lowest BCUT2D eigenvalue weighted by atomic mass is 9.77. The van der Waals surface area contributed by atoms with E-state index in [2.05, 4.69) is 40.2 Å².